The second-order valence-corrected chi connectivity index (χ2v) is 5.90. The van der Waals surface area contributed by atoms with Crippen LogP contribution in [0.4, 0.5) is 11.4 Å². The molecule has 0 bridgehead atoms. The average Bonchev–Trinajstić information content (AvgIpc) is 2.31. The van der Waals surface area contributed by atoms with E-state index in [9.17, 15) is 9.00 Å². The third-order valence-corrected chi connectivity index (χ3v) is 4.22. The van der Waals surface area contributed by atoms with Crippen LogP contribution in [-0.4, -0.2) is 21.6 Å². The zero-order valence-electron chi connectivity index (χ0n) is 10.8. The minimum absolute atomic E-state index is 0.0265. The van der Waals surface area contributed by atoms with Gasteiger partial charge in [0.1, 0.15) is 5.75 Å². The van der Waals surface area contributed by atoms with Gasteiger partial charge in [0.25, 0.3) is 0 Å². The van der Waals surface area contributed by atoms with Crippen molar-refractivity contribution in [2.24, 2.45) is 5.92 Å². The standard InChI is InChI=1S/C13H20N2O2S/c1-3-10(2)8-18(17)9-13(16)15-12-7-5-4-6-11(12)14/h4-7,10H,3,8-9,14H2,1-2H3,(H,15,16). The van der Waals surface area contributed by atoms with E-state index in [1.165, 1.54) is 0 Å². The number of amides is 1. The van der Waals surface area contributed by atoms with Crippen molar-refractivity contribution in [2.45, 2.75) is 20.3 Å². The number of nitrogens with one attached hydrogen (secondary N) is 1. The molecule has 4 nitrogen and oxygen atoms in total. The van der Waals surface area contributed by atoms with Crippen molar-refractivity contribution in [3.63, 3.8) is 0 Å². The highest BCUT2D eigenvalue weighted by Crippen LogP contribution is 2.16. The van der Waals surface area contributed by atoms with Gasteiger partial charge in [-0.2, -0.15) is 0 Å². The van der Waals surface area contributed by atoms with Crippen LogP contribution in [0.15, 0.2) is 24.3 Å². The van der Waals surface area contributed by atoms with Gasteiger partial charge in [-0.05, 0) is 18.1 Å². The predicted octanol–water partition coefficient (Wildman–Crippen LogP) is 2.00. The minimum atomic E-state index is -1.11. The molecule has 2 atom stereocenters. The fraction of sp³-hybridized carbons (Fsp3) is 0.462. The summed E-state index contributed by atoms with van der Waals surface area (Å²) in [5.74, 6) is 0.710. The quantitative estimate of drug-likeness (QED) is 0.775. The van der Waals surface area contributed by atoms with Gasteiger partial charge in [-0.25, -0.2) is 0 Å². The van der Waals surface area contributed by atoms with Crippen molar-refractivity contribution >= 4 is 28.1 Å². The summed E-state index contributed by atoms with van der Waals surface area (Å²) in [5, 5.41) is 2.68. The van der Waals surface area contributed by atoms with E-state index >= 15 is 0 Å². The first-order valence-corrected chi connectivity index (χ1v) is 7.51. The number of hydrogen-bond donors (Lipinski definition) is 2. The van der Waals surface area contributed by atoms with Crippen LogP contribution in [0.25, 0.3) is 0 Å². The molecule has 0 aliphatic carbocycles. The number of nitrogens with two attached hydrogens (primary N) is 1. The Bertz CT molecular complexity index is 435. The van der Waals surface area contributed by atoms with Crippen LogP contribution >= 0.6 is 0 Å². The maximum absolute atomic E-state index is 11.7. The van der Waals surface area contributed by atoms with Crippen molar-refractivity contribution in [1.29, 1.82) is 0 Å². The Kier molecular flexibility index (Phi) is 5.85. The molecule has 0 aliphatic rings. The number of carbonyl (C=O) groups excluding carboxylic acids is 1. The number of rotatable bonds is 6. The lowest BCUT2D eigenvalue weighted by molar-refractivity contribution is -0.113. The molecule has 0 radical (unpaired) electrons. The topological polar surface area (TPSA) is 72.2 Å². The molecule has 2 unspecified atom stereocenters. The molecular formula is C13H20N2O2S. The van der Waals surface area contributed by atoms with Crippen LogP contribution in [-0.2, 0) is 15.6 Å². The molecule has 18 heavy (non-hydrogen) atoms. The maximum atomic E-state index is 11.7. The molecule has 3 N–H and O–H groups in total. The number of hydrogen-bond acceptors (Lipinski definition) is 3. The fourth-order valence-corrected chi connectivity index (χ4v) is 2.79. The monoisotopic (exact) mass is 268 g/mol. The van der Waals surface area contributed by atoms with Crippen molar-refractivity contribution in [1.82, 2.24) is 0 Å². The number of carbonyl (C=O) groups is 1. The predicted molar refractivity (Wildman–Crippen MR) is 76.8 cm³/mol. The van der Waals surface area contributed by atoms with Gasteiger partial charge in [0.15, 0.2) is 0 Å². The van der Waals surface area contributed by atoms with Gasteiger partial charge in [0, 0.05) is 16.6 Å². The summed E-state index contributed by atoms with van der Waals surface area (Å²) < 4.78 is 11.7. The summed E-state index contributed by atoms with van der Waals surface area (Å²) in [7, 11) is -1.11. The molecule has 1 aromatic carbocycles. The molecule has 5 heteroatoms. The molecule has 0 aromatic heterocycles. The Balaban J connectivity index is 2.47. The molecular weight excluding hydrogens is 248 g/mol. The van der Waals surface area contributed by atoms with Crippen molar-refractivity contribution in [2.75, 3.05) is 22.6 Å². The second-order valence-electron chi connectivity index (χ2n) is 4.40. The van der Waals surface area contributed by atoms with E-state index in [2.05, 4.69) is 5.32 Å². The largest absolute Gasteiger partial charge is 0.397 e. The van der Waals surface area contributed by atoms with Gasteiger partial charge in [-0.15, -0.1) is 0 Å². The van der Waals surface area contributed by atoms with Crippen molar-refractivity contribution in [3.8, 4) is 0 Å². The Labute approximate surface area is 110 Å². The van der Waals surface area contributed by atoms with E-state index in [1.807, 2.05) is 13.8 Å². The first kappa shape index (κ1) is 14.7. The van der Waals surface area contributed by atoms with E-state index in [0.717, 1.165) is 6.42 Å². The highest BCUT2D eigenvalue weighted by molar-refractivity contribution is 7.85. The zero-order chi connectivity index (χ0) is 13.5. The van der Waals surface area contributed by atoms with E-state index in [4.69, 9.17) is 5.73 Å². The number of anilines is 2. The summed E-state index contributed by atoms with van der Waals surface area (Å²) in [5.41, 5.74) is 6.80. The Morgan fingerprint density at radius 1 is 1.44 bits per heavy atom. The van der Waals surface area contributed by atoms with Crippen LogP contribution in [0.2, 0.25) is 0 Å². The third-order valence-electron chi connectivity index (χ3n) is 2.69. The average molecular weight is 268 g/mol. The smallest absolute Gasteiger partial charge is 0.237 e. The Morgan fingerprint density at radius 2 is 2.11 bits per heavy atom. The number of benzene rings is 1. The van der Waals surface area contributed by atoms with E-state index < -0.39 is 10.8 Å². The van der Waals surface area contributed by atoms with Crippen molar-refractivity contribution in [3.05, 3.63) is 24.3 Å². The zero-order valence-corrected chi connectivity index (χ0v) is 11.6. The molecule has 1 amide bonds. The maximum Gasteiger partial charge on any atom is 0.237 e. The van der Waals surface area contributed by atoms with Gasteiger partial charge < -0.3 is 11.1 Å². The summed E-state index contributed by atoms with van der Waals surface area (Å²) in [6.07, 6.45) is 0.971. The van der Waals surface area contributed by atoms with Crippen molar-refractivity contribution < 1.29 is 9.00 Å². The highest BCUT2D eigenvalue weighted by atomic mass is 32.2. The van der Waals surface area contributed by atoms with Crippen LogP contribution in [0.3, 0.4) is 0 Å². The van der Waals surface area contributed by atoms with Gasteiger partial charge in [-0.1, -0.05) is 32.4 Å². The fourth-order valence-electron chi connectivity index (χ4n) is 1.44. The van der Waals surface area contributed by atoms with Crippen LogP contribution < -0.4 is 11.1 Å². The van der Waals surface area contributed by atoms with E-state index in [0.29, 0.717) is 23.0 Å². The summed E-state index contributed by atoms with van der Waals surface area (Å²) in [6.45, 7) is 4.08. The van der Waals surface area contributed by atoms with Gasteiger partial charge in [0.05, 0.1) is 11.4 Å². The summed E-state index contributed by atoms with van der Waals surface area (Å²) in [4.78, 5) is 11.7. The van der Waals surface area contributed by atoms with Crippen LogP contribution in [0.5, 0.6) is 0 Å². The molecule has 0 aliphatic heterocycles. The SMILES string of the molecule is CCC(C)CS(=O)CC(=O)Nc1ccccc1N. The van der Waals surface area contributed by atoms with E-state index in [1.54, 1.807) is 24.3 Å². The molecule has 0 saturated heterocycles. The molecule has 0 spiro atoms. The Hall–Kier alpha value is -1.36. The highest BCUT2D eigenvalue weighted by Gasteiger charge is 2.11. The first-order chi connectivity index (χ1) is 8.52. The molecule has 0 fully saturated rings. The number of para-hydroxylation sites is 2. The van der Waals surface area contributed by atoms with Gasteiger partial charge in [0.2, 0.25) is 5.91 Å². The van der Waals surface area contributed by atoms with Gasteiger partial charge in [-0.3, -0.25) is 9.00 Å². The summed E-state index contributed by atoms with van der Waals surface area (Å²) in [6, 6.07) is 7.03. The molecule has 0 saturated carbocycles. The number of nitrogen functional groups attached to an aromatic ring is 1. The van der Waals surface area contributed by atoms with Crippen LogP contribution in [0.1, 0.15) is 20.3 Å². The van der Waals surface area contributed by atoms with E-state index in [-0.39, 0.29) is 11.7 Å². The molecule has 1 rings (SSSR count). The molecule has 100 valence electrons. The Morgan fingerprint density at radius 3 is 2.72 bits per heavy atom. The van der Waals surface area contributed by atoms with Gasteiger partial charge >= 0.3 is 0 Å². The lowest BCUT2D eigenvalue weighted by Crippen LogP contribution is -2.23. The lowest BCUT2D eigenvalue weighted by Gasteiger charge is -2.09. The minimum Gasteiger partial charge on any atom is -0.397 e. The molecule has 0 heterocycles. The third kappa shape index (κ3) is 4.87. The first-order valence-electron chi connectivity index (χ1n) is 6.02. The lowest BCUT2D eigenvalue weighted by atomic mass is 10.2. The second kappa shape index (κ2) is 7.16. The summed E-state index contributed by atoms with van der Waals surface area (Å²) >= 11 is 0. The normalized spacial score (nSPS) is 13.9. The van der Waals surface area contributed by atoms with Crippen LogP contribution in [0, 0.1) is 5.92 Å². The molecule has 1 aromatic rings.